The summed E-state index contributed by atoms with van der Waals surface area (Å²) in [6.45, 7) is 0.231. The smallest absolute Gasteiger partial charge is 0.405 e. The molecule has 3 N–H and O–H groups in total. The number of anilines is 2. The van der Waals surface area contributed by atoms with E-state index in [1.807, 2.05) is 0 Å². The van der Waals surface area contributed by atoms with Gasteiger partial charge in [0, 0.05) is 5.69 Å². The normalized spacial score (nSPS) is 10.9. The molecule has 36 heavy (non-hydrogen) atoms. The van der Waals surface area contributed by atoms with E-state index in [0.717, 1.165) is 0 Å². The van der Waals surface area contributed by atoms with Crippen LogP contribution >= 0.6 is 22.9 Å². The molecule has 0 spiro atoms. The molecule has 0 saturated carbocycles. The van der Waals surface area contributed by atoms with Gasteiger partial charge in [-0.05, 0) is 48.0 Å². The summed E-state index contributed by atoms with van der Waals surface area (Å²) in [5.41, 5.74) is 1.90. The summed E-state index contributed by atoms with van der Waals surface area (Å²) in [5, 5.41) is 15.2. The molecule has 2 aromatic carbocycles. The van der Waals surface area contributed by atoms with Crippen LogP contribution in [-0.2, 0) is 13.2 Å². The third kappa shape index (κ3) is 5.37. The second kappa shape index (κ2) is 10.2. The van der Waals surface area contributed by atoms with E-state index in [9.17, 15) is 9.18 Å². The highest BCUT2D eigenvalue weighted by Gasteiger charge is 2.16. The number of benzene rings is 2. The van der Waals surface area contributed by atoms with Crippen molar-refractivity contribution in [2.75, 3.05) is 5.32 Å². The summed E-state index contributed by atoms with van der Waals surface area (Å²) in [4.78, 5) is 24.5. The highest BCUT2D eigenvalue weighted by Crippen LogP contribution is 2.35. The number of hydrogen-bond donors (Lipinski definition) is 3. The molecule has 12 heteroatoms. The average Bonchev–Trinajstić information content (AvgIpc) is 3.50. The van der Waals surface area contributed by atoms with Crippen LogP contribution in [0.3, 0.4) is 0 Å². The molecule has 5 aromatic rings. The van der Waals surface area contributed by atoms with E-state index in [2.05, 4.69) is 25.6 Å². The molecule has 0 aliphatic carbocycles. The third-order valence-corrected chi connectivity index (χ3v) is 6.23. The Kier molecular flexibility index (Phi) is 6.65. The predicted octanol–water partition coefficient (Wildman–Crippen LogP) is 6.23. The van der Waals surface area contributed by atoms with Crippen molar-refractivity contribution in [2.45, 2.75) is 13.2 Å². The maximum absolute atomic E-state index is 13.4. The van der Waals surface area contributed by atoms with Crippen molar-refractivity contribution in [2.24, 2.45) is 0 Å². The third-order valence-electron chi connectivity index (χ3n) is 4.96. The van der Waals surface area contributed by atoms with Crippen molar-refractivity contribution < 1.29 is 23.4 Å². The number of thiazole rings is 1. The van der Waals surface area contributed by atoms with Gasteiger partial charge in [0.05, 0.1) is 11.6 Å². The SMILES string of the molecule is O=C(O)NCc1ccc(-c2nc3c(Nc4ccc(OCc5cccc(F)c5)c(Cl)c4)ncnc3s2)o1. The number of furan rings is 1. The van der Waals surface area contributed by atoms with Crippen LogP contribution in [0.2, 0.25) is 5.02 Å². The van der Waals surface area contributed by atoms with Gasteiger partial charge in [0.25, 0.3) is 0 Å². The van der Waals surface area contributed by atoms with Crippen molar-refractivity contribution in [3.05, 3.63) is 83.1 Å². The van der Waals surface area contributed by atoms with Crippen LogP contribution in [0.25, 0.3) is 21.1 Å². The van der Waals surface area contributed by atoms with Gasteiger partial charge < -0.3 is 24.9 Å². The number of amides is 1. The van der Waals surface area contributed by atoms with Gasteiger partial charge in [-0.3, -0.25) is 0 Å². The predicted molar refractivity (Wildman–Crippen MR) is 133 cm³/mol. The molecule has 0 unspecified atom stereocenters. The standard InChI is InChI=1S/C24H17ClFN5O4S/c25-17-9-15(4-6-18(17)34-11-13-2-1-3-14(26)8-13)30-21-20-23(29-12-28-21)36-22(31-20)19-7-5-16(35-19)10-27-24(32)33/h1-9,12,27H,10-11H2,(H,32,33)(H,28,29,30). The van der Waals surface area contributed by atoms with Gasteiger partial charge in [0.2, 0.25) is 0 Å². The van der Waals surface area contributed by atoms with E-state index in [4.69, 9.17) is 25.9 Å². The van der Waals surface area contributed by atoms with Gasteiger partial charge in [-0.1, -0.05) is 35.1 Å². The quantitative estimate of drug-likeness (QED) is 0.218. The van der Waals surface area contributed by atoms with Crippen LogP contribution in [0, 0.1) is 5.82 Å². The minimum atomic E-state index is -1.13. The first-order valence-electron chi connectivity index (χ1n) is 10.6. The Bertz CT molecular complexity index is 1560. The van der Waals surface area contributed by atoms with Crippen LogP contribution < -0.4 is 15.4 Å². The molecule has 3 aromatic heterocycles. The highest BCUT2D eigenvalue weighted by molar-refractivity contribution is 7.21. The lowest BCUT2D eigenvalue weighted by molar-refractivity contribution is 0.193. The number of carbonyl (C=O) groups is 1. The molecule has 0 radical (unpaired) electrons. The van der Waals surface area contributed by atoms with Gasteiger partial charge in [0.1, 0.15) is 40.6 Å². The fourth-order valence-electron chi connectivity index (χ4n) is 3.32. The molecular formula is C24H17ClFN5O4S. The van der Waals surface area contributed by atoms with E-state index in [-0.39, 0.29) is 19.0 Å². The molecule has 0 fully saturated rings. The largest absolute Gasteiger partial charge is 0.487 e. The number of nitrogens with one attached hydrogen (secondary N) is 2. The first-order valence-corrected chi connectivity index (χ1v) is 11.8. The summed E-state index contributed by atoms with van der Waals surface area (Å²) >= 11 is 7.72. The molecular weight excluding hydrogens is 509 g/mol. The number of rotatable bonds is 8. The van der Waals surface area contributed by atoms with Crippen molar-refractivity contribution in [1.29, 1.82) is 0 Å². The van der Waals surface area contributed by atoms with Gasteiger partial charge >= 0.3 is 6.09 Å². The van der Waals surface area contributed by atoms with Crippen LogP contribution in [0.15, 0.2) is 65.3 Å². The number of aromatic nitrogens is 3. The molecule has 9 nitrogen and oxygen atoms in total. The Labute approximate surface area is 212 Å². The van der Waals surface area contributed by atoms with E-state index in [0.29, 0.717) is 54.7 Å². The number of halogens is 2. The fraction of sp³-hybridized carbons (Fsp3) is 0.0833. The minimum absolute atomic E-state index is 0.0511. The van der Waals surface area contributed by atoms with Crippen molar-refractivity contribution in [3.8, 4) is 16.5 Å². The van der Waals surface area contributed by atoms with Crippen LogP contribution in [0.4, 0.5) is 20.7 Å². The topological polar surface area (TPSA) is 122 Å². The molecule has 0 saturated heterocycles. The van der Waals surface area contributed by atoms with Gasteiger partial charge in [-0.2, -0.15) is 0 Å². The lowest BCUT2D eigenvalue weighted by atomic mass is 10.2. The van der Waals surface area contributed by atoms with Gasteiger partial charge in [0.15, 0.2) is 16.6 Å². The first-order chi connectivity index (χ1) is 17.4. The van der Waals surface area contributed by atoms with Crippen molar-refractivity contribution in [1.82, 2.24) is 20.3 Å². The Hall–Kier alpha value is -4.22. The number of fused-ring (bicyclic) bond motifs is 1. The lowest BCUT2D eigenvalue weighted by Crippen LogP contribution is -2.19. The average molecular weight is 526 g/mol. The summed E-state index contributed by atoms with van der Waals surface area (Å²) < 4.78 is 24.8. The zero-order chi connectivity index (χ0) is 25.1. The molecule has 1 amide bonds. The molecule has 0 aliphatic heterocycles. The molecule has 0 atom stereocenters. The summed E-state index contributed by atoms with van der Waals surface area (Å²) in [5.74, 6) is 1.57. The van der Waals surface area contributed by atoms with E-state index >= 15 is 0 Å². The summed E-state index contributed by atoms with van der Waals surface area (Å²) in [6.07, 6.45) is 0.292. The summed E-state index contributed by atoms with van der Waals surface area (Å²) in [6, 6.07) is 14.8. The van der Waals surface area contributed by atoms with Gasteiger partial charge in [-0.15, -0.1) is 0 Å². The second-order valence-corrected chi connectivity index (χ2v) is 8.89. The zero-order valence-corrected chi connectivity index (χ0v) is 19.9. The lowest BCUT2D eigenvalue weighted by Gasteiger charge is -2.11. The number of ether oxygens (including phenoxy) is 1. The molecule has 182 valence electrons. The summed E-state index contributed by atoms with van der Waals surface area (Å²) in [7, 11) is 0. The minimum Gasteiger partial charge on any atom is -0.487 e. The van der Waals surface area contributed by atoms with Crippen LogP contribution in [-0.4, -0.2) is 26.2 Å². The molecule has 0 aliphatic rings. The van der Waals surface area contributed by atoms with E-state index < -0.39 is 6.09 Å². The van der Waals surface area contributed by atoms with E-state index in [1.54, 1.807) is 42.5 Å². The monoisotopic (exact) mass is 525 g/mol. The van der Waals surface area contributed by atoms with E-state index in [1.165, 1.54) is 29.8 Å². The number of hydrogen-bond acceptors (Lipinski definition) is 8. The Morgan fingerprint density at radius 3 is 2.86 bits per heavy atom. The molecule has 3 heterocycles. The highest BCUT2D eigenvalue weighted by atomic mass is 35.5. The Morgan fingerprint density at radius 2 is 2.06 bits per heavy atom. The van der Waals surface area contributed by atoms with Gasteiger partial charge in [-0.25, -0.2) is 24.1 Å². The fourth-order valence-corrected chi connectivity index (χ4v) is 4.43. The zero-order valence-electron chi connectivity index (χ0n) is 18.4. The molecule has 0 bridgehead atoms. The van der Waals surface area contributed by atoms with Crippen molar-refractivity contribution in [3.63, 3.8) is 0 Å². The Balaban J connectivity index is 1.32. The molecule has 5 rings (SSSR count). The van der Waals surface area contributed by atoms with Crippen LogP contribution in [0.1, 0.15) is 11.3 Å². The number of nitrogens with zero attached hydrogens (tertiary/aromatic N) is 3. The number of carboxylic acid groups (broad SMARTS) is 1. The van der Waals surface area contributed by atoms with Crippen molar-refractivity contribution >= 4 is 50.9 Å². The maximum atomic E-state index is 13.4. The van der Waals surface area contributed by atoms with Crippen LogP contribution in [0.5, 0.6) is 5.75 Å². The second-order valence-electron chi connectivity index (χ2n) is 7.51. The maximum Gasteiger partial charge on any atom is 0.405 e. The Morgan fingerprint density at radius 1 is 1.17 bits per heavy atom. The first kappa shape index (κ1) is 23.5.